The summed E-state index contributed by atoms with van der Waals surface area (Å²) in [6, 6.07) is 7.12. The molecule has 0 bridgehead atoms. The summed E-state index contributed by atoms with van der Waals surface area (Å²) < 4.78 is 5.50. The van der Waals surface area contributed by atoms with Gasteiger partial charge in [0.15, 0.2) is 6.39 Å². The van der Waals surface area contributed by atoms with Crippen molar-refractivity contribution in [2.75, 3.05) is 19.6 Å². The predicted octanol–water partition coefficient (Wildman–Crippen LogP) is 0.930. The first-order valence-corrected chi connectivity index (χ1v) is 9.07. The second kappa shape index (κ2) is 7.30. The molecule has 1 saturated heterocycles. The lowest BCUT2D eigenvalue weighted by Crippen LogP contribution is -2.48. The summed E-state index contributed by atoms with van der Waals surface area (Å²) in [6.45, 7) is 5.06. The third-order valence-corrected chi connectivity index (χ3v) is 5.21. The number of carbonyl (C=O) groups is 3. The van der Waals surface area contributed by atoms with Gasteiger partial charge in [0.2, 0.25) is 11.8 Å². The first kappa shape index (κ1) is 18.0. The van der Waals surface area contributed by atoms with Crippen molar-refractivity contribution in [1.29, 1.82) is 0 Å². The summed E-state index contributed by atoms with van der Waals surface area (Å²) in [4.78, 5) is 42.1. The van der Waals surface area contributed by atoms with Crippen LogP contribution in [-0.2, 0) is 16.1 Å². The van der Waals surface area contributed by atoms with Crippen LogP contribution in [0, 0.1) is 0 Å². The lowest BCUT2D eigenvalue weighted by Gasteiger charge is -2.37. The van der Waals surface area contributed by atoms with E-state index in [2.05, 4.69) is 22.2 Å². The molecule has 1 fully saturated rings. The number of carbonyl (C=O) groups excluding carboxylic acids is 3. The average Bonchev–Trinajstić information content (AvgIpc) is 3.13. The van der Waals surface area contributed by atoms with Crippen LogP contribution in [0.1, 0.15) is 39.2 Å². The molecule has 144 valence electrons. The predicted molar refractivity (Wildman–Crippen MR) is 99.4 cm³/mol. The van der Waals surface area contributed by atoms with Crippen molar-refractivity contribution < 1.29 is 18.8 Å². The Balaban J connectivity index is 1.40. The van der Waals surface area contributed by atoms with Gasteiger partial charge in [-0.25, -0.2) is 4.98 Å². The fourth-order valence-electron chi connectivity index (χ4n) is 3.63. The maximum atomic E-state index is 12.7. The molecule has 1 unspecified atom stereocenters. The van der Waals surface area contributed by atoms with Gasteiger partial charge in [0.05, 0.1) is 18.4 Å². The minimum absolute atomic E-state index is 0.0630. The molecule has 0 saturated carbocycles. The zero-order valence-electron chi connectivity index (χ0n) is 15.2. The topological polar surface area (TPSA) is 105 Å². The van der Waals surface area contributed by atoms with E-state index in [1.165, 1.54) is 12.5 Å². The van der Waals surface area contributed by atoms with E-state index in [1.54, 1.807) is 23.1 Å². The van der Waals surface area contributed by atoms with Gasteiger partial charge in [-0.1, -0.05) is 24.8 Å². The van der Waals surface area contributed by atoms with E-state index in [0.717, 1.165) is 5.56 Å². The number of amides is 3. The Hall–Kier alpha value is -3.42. The molecule has 2 N–H and O–H groups in total. The molecule has 4 rings (SSSR count). The standard InChI is InChI=1S/C20H20N4O4/c1-2-17(25)24-9-12(10-24)18-16(23-11-28-18)8-22-20(27)15-7-21-19(26)14-6-4-3-5-13(14)15/h2-6,11-12,15H,1,7-10H2,(H,21,26)(H,22,27). The molecule has 8 nitrogen and oxygen atoms in total. The SMILES string of the molecule is C=CC(=O)N1CC(c2ocnc2CNC(=O)C2CNC(=O)c3ccccc32)C1. The van der Waals surface area contributed by atoms with Gasteiger partial charge in [-0.3, -0.25) is 14.4 Å². The van der Waals surface area contributed by atoms with Crippen LogP contribution < -0.4 is 10.6 Å². The number of nitrogens with one attached hydrogen (secondary N) is 2. The molecule has 1 aromatic heterocycles. The Labute approximate surface area is 161 Å². The maximum absolute atomic E-state index is 12.7. The summed E-state index contributed by atoms with van der Waals surface area (Å²) in [6.07, 6.45) is 2.64. The molecule has 1 atom stereocenters. The quantitative estimate of drug-likeness (QED) is 0.751. The number of oxazole rings is 1. The molecular formula is C20H20N4O4. The van der Waals surface area contributed by atoms with Gasteiger partial charge in [0, 0.05) is 25.2 Å². The normalized spacial score (nSPS) is 18.6. The number of aromatic nitrogens is 1. The highest BCUT2D eigenvalue weighted by Crippen LogP contribution is 2.29. The number of hydrogen-bond acceptors (Lipinski definition) is 5. The molecule has 0 aliphatic carbocycles. The zero-order valence-corrected chi connectivity index (χ0v) is 15.2. The summed E-state index contributed by atoms with van der Waals surface area (Å²) >= 11 is 0. The number of likely N-dealkylation sites (tertiary alicyclic amines) is 1. The molecular weight excluding hydrogens is 360 g/mol. The lowest BCUT2D eigenvalue weighted by molar-refractivity contribution is -0.130. The van der Waals surface area contributed by atoms with E-state index in [4.69, 9.17) is 4.42 Å². The molecule has 2 aromatic rings. The van der Waals surface area contributed by atoms with Crippen molar-refractivity contribution in [3.8, 4) is 0 Å². The average molecular weight is 380 g/mol. The number of rotatable bonds is 5. The van der Waals surface area contributed by atoms with Gasteiger partial charge in [-0.15, -0.1) is 0 Å². The molecule has 2 aliphatic heterocycles. The number of benzene rings is 1. The van der Waals surface area contributed by atoms with Crippen LogP contribution in [0.2, 0.25) is 0 Å². The summed E-state index contributed by atoms with van der Waals surface area (Å²) in [7, 11) is 0. The number of fused-ring (bicyclic) bond motifs is 1. The minimum Gasteiger partial charge on any atom is -0.448 e. The molecule has 8 heteroatoms. The second-order valence-corrected chi connectivity index (χ2v) is 6.88. The highest BCUT2D eigenvalue weighted by molar-refractivity contribution is 6.00. The van der Waals surface area contributed by atoms with Crippen LogP contribution in [0.5, 0.6) is 0 Å². The van der Waals surface area contributed by atoms with Gasteiger partial charge in [0.1, 0.15) is 11.5 Å². The van der Waals surface area contributed by atoms with E-state index in [1.807, 2.05) is 6.07 Å². The smallest absolute Gasteiger partial charge is 0.251 e. The highest BCUT2D eigenvalue weighted by Gasteiger charge is 2.35. The van der Waals surface area contributed by atoms with Crippen LogP contribution in [0.4, 0.5) is 0 Å². The third-order valence-electron chi connectivity index (χ3n) is 5.21. The third kappa shape index (κ3) is 3.17. The lowest BCUT2D eigenvalue weighted by atomic mass is 9.89. The van der Waals surface area contributed by atoms with Crippen molar-refractivity contribution in [2.24, 2.45) is 0 Å². The van der Waals surface area contributed by atoms with Gasteiger partial charge in [-0.05, 0) is 17.7 Å². The van der Waals surface area contributed by atoms with Crippen LogP contribution in [0.25, 0.3) is 0 Å². The minimum atomic E-state index is -0.450. The molecule has 2 aliphatic rings. The molecule has 0 radical (unpaired) electrons. The van der Waals surface area contributed by atoms with E-state index < -0.39 is 5.92 Å². The van der Waals surface area contributed by atoms with E-state index in [9.17, 15) is 14.4 Å². The van der Waals surface area contributed by atoms with Crippen molar-refractivity contribution in [3.05, 3.63) is 65.9 Å². The van der Waals surface area contributed by atoms with Gasteiger partial charge < -0.3 is 20.0 Å². The molecule has 1 aromatic carbocycles. The van der Waals surface area contributed by atoms with Crippen molar-refractivity contribution in [2.45, 2.75) is 18.4 Å². The maximum Gasteiger partial charge on any atom is 0.251 e. The zero-order chi connectivity index (χ0) is 19.7. The molecule has 0 spiro atoms. The summed E-state index contributed by atoms with van der Waals surface area (Å²) in [5, 5.41) is 5.64. The van der Waals surface area contributed by atoms with E-state index >= 15 is 0 Å². The van der Waals surface area contributed by atoms with Crippen LogP contribution in [-0.4, -0.2) is 47.2 Å². The van der Waals surface area contributed by atoms with Gasteiger partial charge in [-0.2, -0.15) is 0 Å². The first-order chi connectivity index (χ1) is 13.6. The Morgan fingerprint density at radius 2 is 2.14 bits per heavy atom. The molecule has 3 heterocycles. The van der Waals surface area contributed by atoms with E-state index in [0.29, 0.717) is 30.1 Å². The van der Waals surface area contributed by atoms with Crippen LogP contribution >= 0.6 is 0 Å². The Morgan fingerprint density at radius 1 is 1.36 bits per heavy atom. The Kier molecular flexibility index (Phi) is 4.68. The van der Waals surface area contributed by atoms with Crippen molar-refractivity contribution >= 4 is 17.7 Å². The van der Waals surface area contributed by atoms with Crippen molar-refractivity contribution in [3.63, 3.8) is 0 Å². The van der Waals surface area contributed by atoms with Gasteiger partial charge in [0.25, 0.3) is 5.91 Å². The van der Waals surface area contributed by atoms with Crippen LogP contribution in [0.15, 0.2) is 47.7 Å². The van der Waals surface area contributed by atoms with E-state index in [-0.39, 0.29) is 36.7 Å². The summed E-state index contributed by atoms with van der Waals surface area (Å²) in [5.74, 6) is -0.156. The summed E-state index contributed by atoms with van der Waals surface area (Å²) in [5.41, 5.74) is 1.90. The number of nitrogens with zero attached hydrogens (tertiary/aromatic N) is 2. The van der Waals surface area contributed by atoms with Crippen molar-refractivity contribution in [1.82, 2.24) is 20.5 Å². The fourth-order valence-corrected chi connectivity index (χ4v) is 3.63. The number of hydrogen-bond donors (Lipinski definition) is 2. The highest BCUT2D eigenvalue weighted by atomic mass is 16.3. The largest absolute Gasteiger partial charge is 0.448 e. The Bertz CT molecular complexity index is 945. The molecule has 3 amide bonds. The second-order valence-electron chi connectivity index (χ2n) is 6.88. The van der Waals surface area contributed by atoms with Gasteiger partial charge >= 0.3 is 0 Å². The monoisotopic (exact) mass is 380 g/mol. The molecule has 28 heavy (non-hydrogen) atoms. The Morgan fingerprint density at radius 3 is 2.93 bits per heavy atom. The fraction of sp³-hybridized carbons (Fsp3) is 0.300. The van der Waals surface area contributed by atoms with Crippen LogP contribution in [0.3, 0.4) is 0 Å². The first-order valence-electron chi connectivity index (χ1n) is 9.07.